The van der Waals surface area contributed by atoms with Crippen LogP contribution in [0.4, 0.5) is 8.78 Å². The molecule has 1 fully saturated rings. The highest BCUT2D eigenvalue weighted by molar-refractivity contribution is 6.43. The predicted octanol–water partition coefficient (Wildman–Crippen LogP) is 3.75. The largest absolute Gasteiger partial charge is 0.506 e. The summed E-state index contributed by atoms with van der Waals surface area (Å²) in [5.74, 6) is -0.363. The van der Waals surface area contributed by atoms with Gasteiger partial charge in [0.2, 0.25) is 0 Å². The van der Waals surface area contributed by atoms with Crippen LogP contribution in [0.25, 0.3) is 0 Å². The Labute approximate surface area is 144 Å². The molecule has 1 aromatic carbocycles. The van der Waals surface area contributed by atoms with E-state index in [0.717, 1.165) is 0 Å². The molecule has 0 unspecified atom stereocenters. The summed E-state index contributed by atoms with van der Waals surface area (Å²) in [6.45, 7) is 2.28. The Morgan fingerprint density at radius 2 is 1.71 bits per heavy atom. The number of rotatable bonds is 3. The van der Waals surface area contributed by atoms with Gasteiger partial charge >= 0.3 is 0 Å². The Balaban J connectivity index is 0.00000200. The van der Waals surface area contributed by atoms with Gasteiger partial charge in [-0.25, -0.2) is 8.78 Å². The lowest BCUT2D eigenvalue weighted by Crippen LogP contribution is -2.46. The fourth-order valence-corrected chi connectivity index (χ4v) is 2.57. The van der Waals surface area contributed by atoms with Crippen molar-refractivity contribution in [2.45, 2.75) is 12.5 Å². The Hall–Kier alpha value is -0.0400. The van der Waals surface area contributed by atoms with E-state index in [1.165, 1.54) is 12.1 Å². The minimum atomic E-state index is -2.61. The molecule has 0 aromatic heterocycles. The molecule has 1 saturated heterocycles. The predicted molar refractivity (Wildman–Crippen MR) is 85.8 cm³/mol. The SMILES string of the molecule is Cl.Cl.Oc1c([C@H](C(F)F)N2CCNCC2)ccc(Cl)c1Cl. The minimum Gasteiger partial charge on any atom is -0.506 e. The van der Waals surface area contributed by atoms with Crippen LogP contribution < -0.4 is 5.32 Å². The van der Waals surface area contributed by atoms with E-state index < -0.39 is 12.5 Å². The molecule has 1 aliphatic rings. The molecule has 0 radical (unpaired) electrons. The number of alkyl halides is 2. The molecular formula is C12H16Cl4F2N2O. The third-order valence-electron chi connectivity index (χ3n) is 3.20. The molecule has 122 valence electrons. The van der Waals surface area contributed by atoms with E-state index in [4.69, 9.17) is 23.2 Å². The first-order chi connectivity index (χ1) is 9.02. The average molecular weight is 384 g/mol. The van der Waals surface area contributed by atoms with E-state index in [1.807, 2.05) is 0 Å². The van der Waals surface area contributed by atoms with E-state index in [2.05, 4.69) is 5.32 Å². The molecule has 1 atom stereocenters. The average Bonchev–Trinajstić information content (AvgIpc) is 2.40. The Morgan fingerprint density at radius 1 is 1.14 bits per heavy atom. The van der Waals surface area contributed by atoms with E-state index in [0.29, 0.717) is 26.2 Å². The van der Waals surface area contributed by atoms with Crippen molar-refractivity contribution >= 4 is 48.0 Å². The fourth-order valence-electron chi connectivity index (χ4n) is 2.25. The highest BCUT2D eigenvalue weighted by Crippen LogP contribution is 2.40. The molecule has 1 aliphatic heterocycles. The van der Waals surface area contributed by atoms with Crippen LogP contribution in [-0.4, -0.2) is 42.6 Å². The second-order valence-corrected chi connectivity index (χ2v) is 5.15. The monoisotopic (exact) mass is 382 g/mol. The molecule has 2 rings (SSSR count). The van der Waals surface area contributed by atoms with Gasteiger partial charge in [-0.1, -0.05) is 29.3 Å². The Bertz CT molecular complexity index is 459. The summed E-state index contributed by atoms with van der Waals surface area (Å²) in [4.78, 5) is 1.64. The Morgan fingerprint density at radius 3 is 2.24 bits per heavy atom. The van der Waals surface area contributed by atoms with Crippen LogP contribution in [0.1, 0.15) is 11.6 Å². The van der Waals surface area contributed by atoms with Crippen molar-refractivity contribution in [2.24, 2.45) is 0 Å². The molecule has 0 spiro atoms. The van der Waals surface area contributed by atoms with Crippen LogP contribution in [0.2, 0.25) is 10.0 Å². The van der Waals surface area contributed by atoms with E-state index >= 15 is 0 Å². The van der Waals surface area contributed by atoms with Gasteiger partial charge in [0.05, 0.1) is 5.02 Å². The van der Waals surface area contributed by atoms with Crippen molar-refractivity contribution in [3.8, 4) is 5.75 Å². The zero-order chi connectivity index (χ0) is 14.0. The summed E-state index contributed by atoms with van der Waals surface area (Å²) in [6, 6.07) is 1.66. The molecular weight excluding hydrogens is 368 g/mol. The minimum absolute atomic E-state index is 0. The lowest BCUT2D eigenvalue weighted by Gasteiger charge is -2.35. The van der Waals surface area contributed by atoms with Crippen LogP contribution in [0.3, 0.4) is 0 Å². The highest BCUT2D eigenvalue weighted by Gasteiger charge is 2.32. The van der Waals surface area contributed by atoms with Gasteiger partial charge < -0.3 is 10.4 Å². The van der Waals surface area contributed by atoms with Crippen LogP contribution in [0.5, 0.6) is 5.75 Å². The molecule has 1 heterocycles. The number of aromatic hydroxyl groups is 1. The first kappa shape index (κ1) is 21.0. The van der Waals surface area contributed by atoms with E-state index in [9.17, 15) is 13.9 Å². The normalized spacial score (nSPS) is 17.0. The third-order valence-corrected chi connectivity index (χ3v) is 4.00. The number of nitrogens with one attached hydrogen (secondary N) is 1. The van der Waals surface area contributed by atoms with Gasteiger partial charge in [-0.05, 0) is 6.07 Å². The number of piperazine rings is 1. The van der Waals surface area contributed by atoms with Gasteiger partial charge in [0.15, 0.2) is 0 Å². The van der Waals surface area contributed by atoms with Gasteiger partial charge in [-0.3, -0.25) is 4.90 Å². The van der Waals surface area contributed by atoms with Crippen molar-refractivity contribution in [3.05, 3.63) is 27.7 Å². The van der Waals surface area contributed by atoms with Crippen LogP contribution in [0, 0.1) is 0 Å². The van der Waals surface area contributed by atoms with Crippen molar-refractivity contribution < 1.29 is 13.9 Å². The summed E-state index contributed by atoms with van der Waals surface area (Å²) in [5, 5.41) is 13.1. The molecule has 0 aliphatic carbocycles. The third kappa shape index (κ3) is 4.71. The highest BCUT2D eigenvalue weighted by atomic mass is 35.5. The number of hydrogen-bond donors (Lipinski definition) is 2. The van der Waals surface area contributed by atoms with Crippen LogP contribution >= 0.6 is 48.0 Å². The fraction of sp³-hybridized carbons (Fsp3) is 0.500. The molecule has 9 heteroatoms. The maximum Gasteiger partial charge on any atom is 0.258 e. The molecule has 0 amide bonds. The number of benzene rings is 1. The quantitative estimate of drug-likeness (QED) is 0.834. The van der Waals surface area contributed by atoms with E-state index in [-0.39, 0.29) is 46.2 Å². The first-order valence-corrected chi connectivity index (χ1v) is 6.67. The smallest absolute Gasteiger partial charge is 0.258 e. The number of halogens is 6. The van der Waals surface area contributed by atoms with Crippen molar-refractivity contribution in [2.75, 3.05) is 26.2 Å². The standard InChI is InChI=1S/C12H14Cl2F2N2O.2ClH/c13-8-2-1-7(11(19)9(8)14)10(12(15)16)18-5-3-17-4-6-18;;/h1-2,10,12,17,19H,3-6H2;2*1H/t10-;;/m1../s1. The van der Waals surface area contributed by atoms with Gasteiger partial charge in [-0.15, -0.1) is 24.8 Å². The van der Waals surface area contributed by atoms with Gasteiger partial charge in [0, 0.05) is 31.7 Å². The van der Waals surface area contributed by atoms with Gasteiger partial charge in [-0.2, -0.15) is 0 Å². The molecule has 0 bridgehead atoms. The lowest BCUT2D eigenvalue weighted by molar-refractivity contribution is 0.0170. The van der Waals surface area contributed by atoms with Crippen molar-refractivity contribution in [1.29, 1.82) is 0 Å². The summed E-state index contributed by atoms with van der Waals surface area (Å²) in [7, 11) is 0. The summed E-state index contributed by atoms with van der Waals surface area (Å²) in [6.07, 6.45) is -2.61. The van der Waals surface area contributed by atoms with Crippen molar-refractivity contribution in [3.63, 3.8) is 0 Å². The molecule has 3 nitrogen and oxygen atoms in total. The van der Waals surface area contributed by atoms with Gasteiger partial charge in [0.1, 0.15) is 16.8 Å². The number of hydrogen-bond acceptors (Lipinski definition) is 3. The first-order valence-electron chi connectivity index (χ1n) is 5.92. The molecule has 2 N–H and O–H groups in total. The van der Waals surface area contributed by atoms with Crippen LogP contribution in [-0.2, 0) is 0 Å². The summed E-state index contributed by atoms with van der Waals surface area (Å²) >= 11 is 11.6. The summed E-state index contributed by atoms with van der Waals surface area (Å²) < 4.78 is 26.7. The van der Waals surface area contributed by atoms with Crippen molar-refractivity contribution in [1.82, 2.24) is 10.2 Å². The number of nitrogens with zero attached hydrogens (tertiary/aromatic N) is 1. The molecule has 21 heavy (non-hydrogen) atoms. The summed E-state index contributed by atoms with van der Waals surface area (Å²) in [5.41, 5.74) is 0.117. The molecule has 0 saturated carbocycles. The topological polar surface area (TPSA) is 35.5 Å². The zero-order valence-electron chi connectivity index (χ0n) is 10.9. The lowest BCUT2D eigenvalue weighted by atomic mass is 10.0. The zero-order valence-corrected chi connectivity index (χ0v) is 14.0. The number of phenols is 1. The Kier molecular flexibility index (Phi) is 9.16. The second kappa shape index (κ2) is 9.18. The maximum absolute atomic E-state index is 13.3. The van der Waals surface area contributed by atoms with Gasteiger partial charge in [0.25, 0.3) is 6.43 Å². The van der Waals surface area contributed by atoms with E-state index in [1.54, 1.807) is 4.90 Å². The molecule has 1 aromatic rings. The van der Waals surface area contributed by atoms with Crippen LogP contribution in [0.15, 0.2) is 12.1 Å². The second-order valence-electron chi connectivity index (χ2n) is 4.36. The maximum atomic E-state index is 13.3. The number of phenolic OH excluding ortho intramolecular Hbond substituents is 1.